The highest BCUT2D eigenvalue weighted by atomic mass is 127. The van der Waals surface area contributed by atoms with Crippen molar-refractivity contribution in [1.82, 2.24) is 0 Å². The van der Waals surface area contributed by atoms with Crippen LogP contribution in [0.1, 0.15) is 0 Å². The Bertz CT molecular complexity index is 702. The van der Waals surface area contributed by atoms with Crippen molar-refractivity contribution in [2.75, 3.05) is 4.72 Å². The van der Waals surface area contributed by atoms with Gasteiger partial charge in [0.1, 0.15) is 0 Å². The first kappa shape index (κ1) is 14.9. The summed E-state index contributed by atoms with van der Waals surface area (Å²) in [7, 11) is -3.66. The van der Waals surface area contributed by atoms with Gasteiger partial charge in [0.15, 0.2) is 0 Å². The lowest BCUT2D eigenvalue weighted by molar-refractivity contribution is 0.601. The monoisotopic (exact) mass is 427 g/mol. The fourth-order valence-corrected chi connectivity index (χ4v) is 3.18. The largest absolute Gasteiger partial charge is 0.280 e. The summed E-state index contributed by atoms with van der Waals surface area (Å²) in [5, 5.41) is 0.516. The minimum absolute atomic E-state index is 0.0699. The van der Waals surface area contributed by atoms with Gasteiger partial charge in [-0.15, -0.1) is 0 Å². The van der Waals surface area contributed by atoms with Gasteiger partial charge in [0, 0.05) is 9.26 Å². The Morgan fingerprint density at radius 2 is 1.58 bits per heavy atom. The summed E-state index contributed by atoms with van der Waals surface area (Å²) < 4.78 is 27.8. The molecule has 2 rings (SSSR count). The molecule has 0 aromatic heterocycles. The van der Waals surface area contributed by atoms with Gasteiger partial charge in [-0.25, -0.2) is 8.42 Å². The molecule has 0 fully saturated rings. The maximum atomic E-state index is 12.1. The predicted molar refractivity (Wildman–Crippen MR) is 86.4 cm³/mol. The molecule has 0 aliphatic rings. The van der Waals surface area contributed by atoms with Crippen LogP contribution < -0.4 is 4.72 Å². The molecule has 0 heterocycles. The van der Waals surface area contributed by atoms with Gasteiger partial charge in [-0.2, -0.15) is 0 Å². The summed E-state index contributed by atoms with van der Waals surface area (Å²) in [6, 6.07) is 11.2. The van der Waals surface area contributed by atoms with Crippen molar-refractivity contribution in [3.63, 3.8) is 0 Å². The van der Waals surface area contributed by atoms with Crippen molar-refractivity contribution in [3.05, 3.63) is 56.1 Å². The van der Waals surface area contributed by atoms with E-state index in [1.165, 1.54) is 18.2 Å². The van der Waals surface area contributed by atoms with Crippen LogP contribution >= 0.6 is 45.8 Å². The van der Waals surface area contributed by atoms with Crippen molar-refractivity contribution < 1.29 is 8.42 Å². The van der Waals surface area contributed by atoms with Crippen molar-refractivity contribution in [2.24, 2.45) is 0 Å². The maximum absolute atomic E-state index is 12.1. The zero-order valence-electron chi connectivity index (χ0n) is 9.40. The van der Waals surface area contributed by atoms with E-state index in [-0.39, 0.29) is 9.92 Å². The number of nitrogens with one attached hydrogen (secondary N) is 1. The minimum atomic E-state index is -3.66. The van der Waals surface area contributed by atoms with Crippen LogP contribution in [0, 0.1) is 3.57 Å². The first-order valence-electron chi connectivity index (χ1n) is 5.12. The fraction of sp³-hybridized carbons (Fsp3) is 0. The van der Waals surface area contributed by atoms with E-state index >= 15 is 0 Å². The quantitative estimate of drug-likeness (QED) is 0.738. The lowest BCUT2D eigenvalue weighted by Crippen LogP contribution is -2.12. The van der Waals surface area contributed by atoms with Crippen LogP contribution in [0.3, 0.4) is 0 Å². The summed E-state index contributed by atoms with van der Waals surface area (Å²) in [6.07, 6.45) is 0. The third kappa shape index (κ3) is 3.75. The summed E-state index contributed by atoms with van der Waals surface area (Å²) in [4.78, 5) is 0.0699. The topological polar surface area (TPSA) is 46.2 Å². The Morgan fingerprint density at radius 3 is 2.16 bits per heavy atom. The first-order chi connectivity index (χ1) is 8.88. The van der Waals surface area contributed by atoms with Crippen LogP contribution in [0.25, 0.3) is 0 Å². The average Bonchev–Trinajstić information content (AvgIpc) is 2.35. The number of rotatable bonds is 3. The first-order valence-corrected chi connectivity index (χ1v) is 8.44. The van der Waals surface area contributed by atoms with Gasteiger partial charge in [-0.1, -0.05) is 23.2 Å². The summed E-state index contributed by atoms with van der Waals surface area (Å²) >= 11 is 13.7. The highest BCUT2D eigenvalue weighted by Crippen LogP contribution is 2.26. The second kappa shape index (κ2) is 5.87. The molecule has 0 aliphatic heterocycles. The zero-order chi connectivity index (χ0) is 14.0. The van der Waals surface area contributed by atoms with Crippen LogP contribution in [-0.2, 0) is 10.0 Å². The van der Waals surface area contributed by atoms with Crippen molar-refractivity contribution in [2.45, 2.75) is 4.90 Å². The average molecular weight is 428 g/mol. The second-order valence-corrected chi connectivity index (χ2v) is 7.43. The van der Waals surface area contributed by atoms with Crippen LogP contribution in [0.4, 0.5) is 5.69 Å². The number of hydrogen-bond acceptors (Lipinski definition) is 2. The smallest absolute Gasteiger partial charge is 0.261 e. The highest BCUT2D eigenvalue weighted by Gasteiger charge is 2.15. The van der Waals surface area contributed by atoms with Gasteiger partial charge in [-0.3, -0.25) is 4.72 Å². The Hall–Kier alpha value is -0.500. The number of benzene rings is 2. The van der Waals surface area contributed by atoms with Gasteiger partial charge in [0.25, 0.3) is 10.0 Å². The second-order valence-electron chi connectivity index (χ2n) is 3.69. The molecule has 0 atom stereocenters. The van der Waals surface area contributed by atoms with Gasteiger partial charge in [0.2, 0.25) is 0 Å². The summed E-state index contributed by atoms with van der Waals surface area (Å²) in [6.45, 7) is 0. The Morgan fingerprint density at radius 1 is 0.947 bits per heavy atom. The minimum Gasteiger partial charge on any atom is -0.280 e. The van der Waals surface area contributed by atoms with Crippen LogP contribution in [0.5, 0.6) is 0 Å². The molecule has 0 amide bonds. The molecule has 7 heteroatoms. The summed E-state index contributed by atoms with van der Waals surface area (Å²) in [5.41, 5.74) is 0.492. The van der Waals surface area contributed by atoms with Crippen molar-refractivity contribution >= 4 is 61.5 Å². The van der Waals surface area contributed by atoms with E-state index in [0.29, 0.717) is 10.7 Å². The molecule has 0 saturated carbocycles. The number of anilines is 1. The predicted octanol–water partition coefficient (Wildman–Crippen LogP) is 4.40. The Balaban J connectivity index is 2.32. The number of halogens is 3. The molecule has 2 aromatic rings. The van der Waals surface area contributed by atoms with Gasteiger partial charge in [0.05, 0.1) is 14.9 Å². The van der Waals surface area contributed by atoms with E-state index < -0.39 is 10.0 Å². The normalized spacial score (nSPS) is 11.3. The fourth-order valence-electron chi connectivity index (χ4n) is 1.38. The molecular weight excluding hydrogens is 420 g/mol. The molecule has 0 aliphatic carbocycles. The van der Waals surface area contributed by atoms with Gasteiger partial charge >= 0.3 is 0 Å². The van der Waals surface area contributed by atoms with Gasteiger partial charge < -0.3 is 0 Å². The molecular formula is C12H8Cl2INO2S. The van der Waals surface area contributed by atoms with E-state index in [4.69, 9.17) is 23.2 Å². The molecule has 0 bridgehead atoms. The number of hydrogen-bond donors (Lipinski definition) is 1. The maximum Gasteiger partial charge on any atom is 0.261 e. The highest BCUT2D eigenvalue weighted by molar-refractivity contribution is 14.1. The molecule has 0 unspecified atom stereocenters. The van der Waals surface area contributed by atoms with Crippen molar-refractivity contribution in [3.8, 4) is 0 Å². The SMILES string of the molecule is O=S(=O)(Nc1ccc(I)cc1)c1ccc(Cl)c(Cl)c1. The van der Waals surface area contributed by atoms with Crippen molar-refractivity contribution in [1.29, 1.82) is 0 Å². The standard InChI is InChI=1S/C12H8Cl2INO2S/c13-11-6-5-10(7-12(11)14)19(17,18)16-9-3-1-8(15)2-4-9/h1-7,16H. The lowest BCUT2D eigenvalue weighted by atomic mass is 10.3. The third-order valence-electron chi connectivity index (χ3n) is 2.30. The number of sulfonamides is 1. The van der Waals surface area contributed by atoms with Crippen LogP contribution in [0.15, 0.2) is 47.4 Å². The van der Waals surface area contributed by atoms with E-state index in [1.807, 2.05) is 12.1 Å². The van der Waals surface area contributed by atoms with Crippen LogP contribution in [-0.4, -0.2) is 8.42 Å². The molecule has 0 spiro atoms. The van der Waals surface area contributed by atoms with E-state index in [9.17, 15) is 8.42 Å². The zero-order valence-corrected chi connectivity index (χ0v) is 13.9. The van der Waals surface area contributed by atoms with E-state index in [2.05, 4.69) is 27.3 Å². The van der Waals surface area contributed by atoms with Crippen LogP contribution in [0.2, 0.25) is 10.0 Å². The van der Waals surface area contributed by atoms with E-state index in [0.717, 1.165) is 3.57 Å². The molecule has 100 valence electrons. The lowest BCUT2D eigenvalue weighted by Gasteiger charge is -2.08. The van der Waals surface area contributed by atoms with Gasteiger partial charge in [-0.05, 0) is 65.1 Å². The molecule has 3 nitrogen and oxygen atoms in total. The summed E-state index contributed by atoms with van der Waals surface area (Å²) in [5.74, 6) is 0. The Labute approximate surface area is 135 Å². The molecule has 0 saturated heterocycles. The molecule has 2 aromatic carbocycles. The van der Waals surface area contributed by atoms with E-state index in [1.54, 1.807) is 12.1 Å². The molecule has 19 heavy (non-hydrogen) atoms. The molecule has 1 N–H and O–H groups in total. The third-order valence-corrected chi connectivity index (χ3v) is 5.13. The Kier molecular flexibility index (Phi) is 4.60. The molecule has 0 radical (unpaired) electrons.